The smallest absolute Gasteiger partial charge is 0.409 e. The van der Waals surface area contributed by atoms with E-state index < -0.39 is 0 Å². The molecule has 0 unspecified atom stereocenters. The van der Waals surface area contributed by atoms with Crippen molar-refractivity contribution in [1.29, 1.82) is 0 Å². The Kier molecular flexibility index (Phi) is 10.5. The predicted octanol–water partition coefficient (Wildman–Crippen LogP) is 0.321. The molecule has 0 radical (unpaired) electrons. The van der Waals surface area contributed by atoms with Gasteiger partial charge in [0.2, 0.25) is 0 Å². The molecule has 0 atom stereocenters. The average molecular weight is 275 g/mol. The molecule has 1 N–H and O–H groups in total. The molecule has 0 fully saturated rings. The van der Waals surface area contributed by atoms with Crippen molar-refractivity contribution < 1.29 is 14.6 Å². The van der Waals surface area contributed by atoms with Gasteiger partial charge < -0.3 is 24.5 Å². The number of hydrogen-bond acceptors (Lipinski definition) is 5. The fourth-order valence-electron chi connectivity index (χ4n) is 1.67. The molecule has 0 aromatic rings. The van der Waals surface area contributed by atoms with E-state index in [1.54, 1.807) is 4.90 Å². The van der Waals surface area contributed by atoms with E-state index >= 15 is 0 Å². The van der Waals surface area contributed by atoms with E-state index in [9.17, 15) is 4.79 Å². The second-order valence-electron chi connectivity index (χ2n) is 5.14. The lowest BCUT2D eigenvalue weighted by atomic mass is 10.3. The van der Waals surface area contributed by atoms with Crippen LogP contribution in [0, 0.1) is 0 Å². The Labute approximate surface area is 116 Å². The summed E-state index contributed by atoms with van der Waals surface area (Å²) in [4.78, 5) is 17.7. The third-order valence-corrected chi connectivity index (χ3v) is 2.64. The molecular weight excluding hydrogens is 246 g/mol. The Morgan fingerprint density at radius 1 is 0.947 bits per heavy atom. The van der Waals surface area contributed by atoms with Gasteiger partial charge in [0, 0.05) is 13.1 Å². The van der Waals surface area contributed by atoms with Gasteiger partial charge in [-0.05, 0) is 54.1 Å². The van der Waals surface area contributed by atoms with E-state index in [2.05, 4.69) is 9.80 Å². The number of aliphatic hydroxyl groups is 1. The molecule has 6 heteroatoms. The van der Waals surface area contributed by atoms with Crippen LogP contribution in [0.5, 0.6) is 0 Å². The standard InChI is InChI=1S/C13H29N3O3/c1-14(2)7-5-9-16(10-6-8-15(3)4)13(18)19-12-11-17/h17H,5-12H2,1-4H3. The van der Waals surface area contributed by atoms with Crippen molar-refractivity contribution in [2.24, 2.45) is 0 Å². The number of carbonyl (C=O) groups excluding carboxylic acids is 1. The summed E-state index contributed by atoms with van der Waals surface area (Å²) in [5.74, 6) is 0. The lowest BCUT2D eigenvalue weighted by Crippen LogP contribution is -2.36. The highest BCUT2D eigenvalue weighted by Crippen LogP contribution is 2.00. The number of amides is 1. The van der Waals surface area contributed by atoms with Crippen LogP contribution in [0.2, 0.25) is 0 Å². The third kappa shape index (κ3) is 10.7. The molecule has 0 aliphatic heterocycles. The van der Waals surface area contributed by atoms with Crippen molar-refractivity contribution in [3.63, 3.8) is 0 Å². The number of nitrogens with zero attached hydrogens (tertiary/aromatic N) is 3. The maximum Gasteiger partial charge on any atom is 0.409 e. The fraction of sp³-hybridized carbons (Fsp3) is 0.923. The van der Waals surface area contributed by atoms with Gasteiger partial charge in [0.1, 0.15) is 6.61 Å². The zero-order valence-electron chi connectivity index (χ0n) is 12.8. The zero-order chi connectivity index (χ0) is 14.7. The summed E-state index contributed by atoms with van der Waals surface area (Å²) in [5.41, 5.74) is 0. The van der Waals surface area contributed by atoms with Crippen LogP contribution in [0.3, 0.4) is 0 Å². The molecule has 0 aliphatic rings. The Balaban J connectivity index is 4.09. The number of carbonyl (C=O) groups is 1. The molecule has 0 saturated carbocycles. The highest BCUT2D eigenvalue weighted by molar-refractivity contribution is 5.67. The van der Waals surface area contributed by atoms with E-state index in [1.165, 1.54) is 0 Å². The third-order valence-electron chi connectivity index (χ3n) is 2.64. The van der Waals surface area contributed by atoms with Gasteiger partial charge in [0.25, 0.3) is 0 Å². The lowest BCUT2D eigenvalue weighted by Gasteiger charge is -2.23. The number of ether oxygens (including phenoxy) is 1. The molecule has 0 aromatic heterocycles. The van der Waals surface area contributed by atoms with Gasteiger partial charge >= 0.3 is 6.09 Å². The molecular formula is C13H29N3O3. The lowest BCUT2D eigenvalue weighted by molar-refractivity contribution is 0.0822. The largest absolute Gasteiger partial charge is 0.447 e. The topological polar surface area (TPSA) is 56.2 Å². The summed E-state index contributed by atoms with van der Waals surface area (Å²) in [5, 5.41) is 8.69. The quantitative estimate of drug-likeness (QED) is 0.622. The van der Waals surface area contributed by atoms with E-state index in [-0.39, 0.29) is 19.3 Å². The Hall–Kier alpha value is -0.850. The molecule has 1 amide bonds. The second-order valence-corrected chi connectivity index (χ2v) is 5.14. The molecule has 19 heavy (non-hydrogen) atoms. The van der Waals surface area contributed by atoms with E-state index in [4.69, 9.17) is 9.84 Å². The zero-order valence-corrected chi connectivity index (χ0v) is 12.8. The Morgan fingerprint density at radius 3 is 1.79 bits per heavy atom. The summed E-state index contributed by atoms with van der Waals surface area (Å²) in [6.45, 7) is 3.20. The minimum absolute atomic E-state index is 0.0662. The van der Waals surface area contributed by atoms with Gasteiger partial charge in [-0.15, -0.1) is 0 Å². The van der Waals surface area contributed by atoms with Gasteiger partial charge in [-0.1, -0.05) is 0 Å². The summed E-state index contributed by atoms with van der Waals surface area (Å²) >= 11 is 0. The summed E-state index contributed by atoms with van der Waals surface area (Å²) < 4.78 is 4.98. The van der Waals surface area contributed by atoms with Crippen molar-refractivity contribution in [2.75, 3.05) is 67.6 Å². The summed E-state index contributed by atoms with van der Waals surface area (Å²) in [7, 11) is 8.06. The molecule has 0 spiro atoms. The van der Waals surface area contributed by atoms with Crippen LogP contribution in [-0.2, 0) is 4.74 Å². The maximum absolute atomic E-state index is 11.8. The van der Waals surface area contributed by atoms with Crippen LogP contribution in [-0.4, -0.2) is 93.5 Å². The first-order valence-electron chi connectivity index (χ1n) is 6.79. The molecule has 114 valence electrons. The van der Waals surface area contributed by atoms with Crippen molar-refractivity contribution in [2.45, 2.75) is 12.8 Å². The first-order valence-corrected chi connectivity index (χ1v) is 6.79. The van der Waals surface area contributed by atoms with Gasteiger partial charge in [0.05, 0.1) is 6.61 Å². The number of aliphatic hydroxyl groups excluding tert-OH is 1. The van der Waals surface area contributed by atoms with Crippen molar-refractivity contribution in [3.8, 4) is 0 Å². The summed E-state index contributed by atoms with van der Waals surface area (Å²) in [6.07, 6.45) is 1.51. The maximum atomic E-state index is 11.8. The Morgan fingerprint density at radius 2 is 1.42 bits per heavy atom. The monoisotopic (exact) mass is 275 g/mol. The van der Waals surface area contributed by atoms with Gasteiger partial charge in [-0.25, -0.2) is 4.79 Å². The van der Waals surface area contributed by atoms with E-state index in [1.807, 2.05) is 28.2 Å². The molecule has 0 aromatic carbocycles. The van der Waals surface area contributed by atoms with Gasteiger partial charge in [-0.2, -0.15) is 0 Å². The SMILES string of the molecule is CN(C)CCCN(CCCN(C)C)C(=O)OCCO. The number of hydrogen-bond donors (Lipinski definition) is 1. The van der Waals surface area contributed by atoms with Crippen LogP contribution in [0.4, 0.5) is 4.79 Å². The number of rotatable bonds is 10. The van der Waals surface area contributed by atoms with Crippen LogP contribution >= 0.6 is 0 Å². The predicted molar refractivity (Wildman–Crippen MR) is 76.3 cm³/mol. The van der Waals surface area contributed by atoms with Gasteiger partial charge in [-0.3, -0.25) is 0 Å². The normalized spacial score (nSPS) is 11.1. The van der Waals surface area contributed by atoms with E-state index in [0.717, 1.165) is 25.9 Å². The molecule has 6 nitrogen and oxygen atoms in total. The highest BCUT2D eigenvalue weighted by Gasteiger charge is 2.14. The van der Waals surface area contributed by atoms with Crippen LogP contribution in [0.25, 0.3) is 0 Å². The molecule has 0 heterocycles. The average Bonchev–Trinajstić information content (AvgIpc) is 2.33. The first kappa shape index (κ1) is 18.1. The minimum atomic E-state index is -0.327. The fourth-order valence-corrected chi connectivity index (χ4v) is 1.67. The van der Waals surface area contributed by atoms with Crippen LogP contribution < -0.4 is 0 Å². The summed E-state index contributed by atoms with van der Waals surface area (Å²) in [6, 6.07) is 0. The Bertz CT molecular complexity index is 221. The van der Waals surface area contributed by atoms with E-state index in [0.29, 0.717) is 13.1 Å². The van der Waals surface area contributed by atoms with Crippen LogP contribution in [0.1, 0.15) is 12.8 Å². The van der Waals surface area contributed by atoms with Crippen molar-refractivity contribution in [1.82, 2.24) is 14.7 Å². The molecule has 0 aliphatic carbocycles. The first-order chi connectivity index (χ1) is 8.97. The minimum Gasteiger partial charge on any atom is -0.447 e. The molecule has 0 saturated heterocycles. The van der Waals surface area contributed by atoms with Gasteiger partial charge in [0.15, 0.2) is 0 Å². The van der Waals surface area contributed by atoms with Crippen LogP contribution in [0.15, 0.2) is 0 Å². The molecule has 0 rings (SSSR count). The van der Waals surface area contributed by atoms with Crippen molar-refractivity contribution in [3.05, 3.63) is 0 Å². The second kappa shape index (κ2) is 11.0. The van der Waals surface area contributed by atoms with Crippen molar-refractivity contribution >= 4 is 6.09 Å². The highest BCUT2D eigenvalue weighted by atomic mass is 16.6. The molecule has 0 bridgehead atoms.